The van der Waals surface area contributed by atoms with Crippen molar-refractivity contribution in [2.45, 2.75) is 12.6 Å². The second-order valence-electron chi connectivity index (χ2n) is 1.69. The molecule has 0 rings (SSSR count). The average molecular weight is 138 g/mol. The second-order valence-corrected chi connectivity index (χ2v) is 5.07. The summed E-state index contributed by atoms with van der Waals surface area (Å²) < 4.78 is 0. The van der Waals surface area contributed by atoms with Crippen LogP contribution in [-0.2, 0) is 0 Å². The Kier molecular flexibility index (Phi) is 2.90. The summed E-state index contributed by atoms with van der Waals surface area (Å²) in [5.74, 6) is 0.565. The van der Waals surface area contributed by atoms with E-state index in [1.807, 2.05) is 0 Å². The Bertz CT molecular complexity index is 51.4. The molecule has 0 unspecified atom stereocenters. The SMILES string of the molecule is C[Si](O)(O)CCS. The van der Waals surface area contributed by atoms with Crippen molar-refractivity contribution in [1.82, 2.24) is 0 Å². The lowest BCUT2D eigenvalue weighted by Crippen LogP contribution is -2.29. The van der Waals surface area contributed by atoms with Crippen LogP contribution < -0.4 is 0 Å². The zero-order valence-electron chi connectivity index (χ0n) is 4.26. The fourth-order valence-electron chi connectivity index (χ4n) is 0.212. The van der Waals surface area contributed by atoms with Crippen molar-refractivity contribution in [3.05, 3.63) is 0 Å². The topological polar surface area (TPSA) is 40.5 Å². The number of hydrogen-bond donors (Lipinski definition) is 3. The van der Waals surface area contributed by atoms with E-state index in [1.54, 1.807) is 0 Å². The minimum Gasteiger partial charge on any atom is -0.411 e. The first kappa shape index (κ1) is 7.49. The van der Waals surface area contributed by atoms with Crippen LogP contribution in [0.3, 0.4) is 0 Å². The largest absolute Gasteiger partial charge is 0.411 e. The molecule has 0 aromatic rings. The van der Waals surface area contributed by atoms with Crippen molar-refractivity contribution in [2.24, 2.45) is 0 Å². The lowest BCUT2D eigenvalue weighted by Gasteiger charge is -2.07. The van der Waals surface area contributed by atoms with E-state index in [-0.39, 0.29) is 0 Å². The van der Waals surface area contributed by atoms with E-state index in [0.29, 0.717) is 11.8 Å². The first-order chi connectivity index (χ1) is 3.06. The second kappa shape index (κ2) is 2.71. The van der Waals surface area contributed by atoms with Crippen LogP contribution in [0.5, 0.6) is 0 Å². The third-order valence-electron chi connectivity index (χ3n) is 0.585. The van der Waals surface area contributed by atoms with Gasteiger partial charge in [0.05, 0.1) is 0 Å². The molecule has 7 heavy (non-hydrogen) atoms. The van der Waals surface area contributed by atoms with Crippen molar-refractivity contribution < 1.29 is 9.59 Å². The van der Waals surface area contributed by atoms with E-state index >= 15 is 0 Å². The van der Waals surface area contributed by atoms with Gasteiger partial charge in [-0.2, -0.15) is 12.6 Å². The molecule has 0 spiro atoms. The van der Waals surface area contributed by atoms with E-state index in [2.05, 4.69) is 12.6 Å². The van der Waals surface area contributed by atoms with Gasteiger partial charge in [-0.15, -0.1) is 0 Å². The van der Waals surface area contributed by atoms with Crippen molar-refractivity contribution in [2.75, 3.05) is 5.75 Å². The predicted molar refractivity (Wildman–Crippen MR) is 34.7 cm³/mol. The average Bonchev–Trinajstić information content (AvgIpc) is 1.30. The van der Waals surface area contributed by atoms with Gasteiger partial charge < -0.3 is 9.59 Å². The molecule has 0 saturated heterocycles. The monoisotopic (exact) mass is 138 g/mol. The zero-order valence-corrected chi connectivity index (χ0v) is 6.15. The van der Waals surface area contributed by atoms with Gasteiger partial charge >= 0.3 is 8.56 Å². The van der Waals surface area contributed by atoms with Crippen LogP contribution in [0.1, 0.15) is 0 Å². The number of rotatable bonds is 2. The normalized spacial score (nSPS) is 12.0. The van der Waals surface area contributed by atoms with Gasteiger partial charge in [-0.3, -0.25) is 0 Å². The molecule has 44 valence electrons. The fraction of sp³-hybridized carbons (Fsp3) is 1.00. The van der Waals surface area contributed by atoms with Gasteiger partial charge in [0.2, 0.25) is 0 Å². The summed E-state index contributed by atoms with van der Waals surface area (Å²) in [5, 5.41) is 0. The quantitative estimate of drug-likeness (QED) is 0.370. The highest BCUT2D eigenvalue weighted by Gasteiger charge is 2.18. The molecule has 0 aliphatic rings. The third-order valence-corrected chi connectivity index (χ3v) is 2.43. The van der Waals surface area contributed by atoms with Crippen molar-refractivity contribution in [1.29, 1.82) is 0 Å². The first-order valence-electron chi connectivity index (χ1n) is 2.12. The molecule has 4 heteroatoms. The van der Waals surface area contributed by atoms with Crippen LogP contribution in [0.15, 0.2) is 0 Å². The van der Waals surface area contributed by atoms with Gasteiger partial charge in [0.15, 0.2) is 0 Å². The Hall–Kier alpha value is 0.487. The third kappa shape index (κ3) is 6.49. The van der Waals surface area contributed by atoms with Crippen molar-refractivity contribution >= 4 is 21.2 Å². The van der Waals surface area contributed by atoms with E-state index in [1.165, 1.54) is 6.55 Å². The van der Waals surface area contributed by atoms with E-state index in [9.17, 15) is 0 Å². The summed E-state index contributed by atoms with van der Waals surface area (Å²) in [6.45, 7) is 1.48. The maximum Gasteiger partial charge on any atom is 0.330 e. The van der Waals surface area contributed by atoms with Gasteiger partial charge in [-0.25, -0.2) is 0 Å². The Morgan fingerprint density at radius 3 is 2.00 bits per heavy atom. The molecule has 0 amide bonds. The lowest BCUT2D eigenvalue weighted by atomic mass is 11.0. The molecule has 2 N–H and O–H groups in total. The minimum absolute atomic E-state index is 0.454. The number of thiol groups is 1. The summed E-state index contributed by atoms with van der Waals surface area (Å²) >= 11 is 3.83. The standard InChI is InChI=1S/C3H10O2SSi/c1-7(4,5)3-2-6/h4-6H,2-3H2,1H3. The van der Waals surface area contributed by atoms with Crippen LogP contribution in [0.25, 0.3) is 0 Å². The molecular weight excluding hydrogens is 128 g/mol. The highest BCUT2D eigenvalue weighted by Crippen LogP contribution is 1.99. The zero-order chi connectivity index (χ0) is 5.91. The summed E-state index contributed by atoms with van der Waals surface area (Å²) in [5.41, 5.74) is 0. The highest BCUT2D eigenvalue weighted by atomic mass is 32.1. The predicted octanol–water partition coefficient (Wildman–Crippen LogP) is -0.0272. The van der Waals surface area contributed by atoms with E-state index in [0.717, 1.165) is 0 Å². The highest BCUT2D eigenvalue weighted by molar-refractivity contribution is 7.80. The van der Waals surface area contributed by atoms with Gasteiger partial charge in [0, 0.05) is 0 Å². The molecule has 0 aromatic carbocycles. The van der Waals surface area contributed by atoms with Crippen LogP contribution >= 0.6 is 12.6 Å². The molecule has 0 heterocycles. The molecule has 0 fully saturated rings. The Labute approximate surface area is 49.8 Å². The number of hydrogen-bond acceptors (Lipinski definition) is 3. The molecule has 2 nitrogen and oxygen atoms in total. The lowest BCUT2D eigenvalue weighted by molar-refractivity contribution is 0.373. The van der Waals surface area contributed by atoms with Crippen molar-refractivity contribution in [3.63, 3.8) is 0 Å². The summed E-state index contributed by atoms with van der Waals surface area (Å²) in [7, 11) is -2.73. The Morgan fingerprint density at radius 2 is 2.00 bits per heavy atom. The minimum atomic E-state index is -2.73. The molecule has 0 aliphatic heterocycles. The Morgan fingerprint density at radius 1 is 1.57 bits per heavy atom. The van der Waals surface area contributed by atoms with Crippen LogP contribution in [0.4, 0.5) is 0 Å². The summed E-state index contributed by atoms with van der Waals surface area (Å²) in [4.78, 5) is 17.3. The molecule has 0 aliphatic carbocycles. The van der Waals surface area contributed by atoms with Crippen molar-refractivity contribution in [3.8, 4) is 0 Å². The van der Waals surface area contributed by atoms with Crippen LogP contribution in [0, 0.1) is 0 Å². The smallest absolute Gasteiger partial charge is 0.330 e. The summed E-state index contributed by atoms with van der Waals surface area (Å²) in [6.07, 6.45) is 0. The Balaban J connectivity index is 3.15. The van der Waals surface area contributed by atoms with Crippen LogP contribution in [0.2, 0.25) is 12.6 Å². The van der Waals surface area contributed by atoms with Gasteiger partial charge in [-0.05, 0) is 18.3 Å². The first-order valence-corrected chi connectivity index (χ1v) is 5.35. The fourth-order valence-corrected chi connectivity index (χ4v) is 1.91. The molecule has 0 radical (unpaired) electrons. The molecule has 0 bridgehead atoms. The molecule has 0 aromatic heterocycles. The van der Waals surface area contributed by atoms with E-state index < -0.39 is 8.56 Å². The van der Waals surface area contributed by atoms with Gasteiger partial charge in [0.25, 0.3) is 0 Å². The molecule has 0 saturated carbocycles. The van der Waals surface area contributed by atoms with Crippen LogP contribution in [-0.4, -0.2) is 23.9 Å². The van der Waals surface area contributed by atoms with E-state index in [4.69, 9.17) is 9.59 Å². The summed E-state index contributed by atoms with van der Waals surface area (Å²) in [6, 6.07) is 0.454. The molecule has 0 atom stereocenters. The van der Waals surface area contributed by atoms with Gasteiger partial charge in [-0.1, -0.05) is 0 Å². The van der Waals surface area contributed by atoms with Gasteiger partial charge in [0.1, 0.15) is 0 Å². The maximum absolute atomic E-state index is 8.66. The maximum atomic E-state index is 8.66. The molecular formula is C3H10O2SSi.